The lowest BCUT2D eigenvalue weighted by atomic mass is 10.0. The zero-order chi connectivity index (χ0) is 14.7. The van der Waals surface area contributed by atoms with Crippen molar-refractivity contribution in [2.24, 2.45) is 11.8 Å². The van der Waals surface area contributed by atoms with E-state index in [-0.39, 0.29) is 0 Å². The molecule has 1 aliphatic heterocycles. The van der Waals surface area contributed by atoms with Crippen LogP contribution in [0.2, 0.25) is 0 Å². The smallest absolute Gasteiger partial charge is 0.133 e. The van der Waals surface area contributed by atoms with Crippen LogP contribution < -0.4 is 10.2 Å². The van der Waals surface area contributed by atoms with Gasteiger partial charge in [-0.2, -0.15) is 0 Å². The summed E-state index contributed by atoms with van der Waals surface area (Å²) in [7, 11) is 0. The molecule has 0 amide bonds. The number of anilines is 1. The highest BCUT2D eigenvalue weighted by Crippen LogP contribution is 2.30. The number of pyridine rings is 1. The molecule has 1 N–H and O–H groups in total. The maximum atomic E-state index is 4.85. The van der Waals surface area contributed by atoms with Crippen LogP contribution in [0.5, 0.6) is 0 Å². The molecular weight excluding hydrogens is 246 g/mol. The van der Waals surface area contributed by atoms with E-state index in [0.717, 1.165) is 43.7 Å². The summed E-state index contributed by atoms with van der Waals surface area (Å²) in [5.41, 5.74) is 3.87. The molecule has 1 aromatic heterocycles. The summed E-state index contributed by atoms with van der Waals surface area (Å²) < 4.78 is 0. The fraction of sp³-hybridized carbons (Fsp3) is 0.706. The third-order valence-electron chi connectivity index (χ3n) is 4.47. The van der Waals surface area contributed by atoms with Crippen LogP contribution in [0.25, 0.3) is 0 Å². The number of aromatic nitrogens is 1. The molecule has 3 nitrogen and oxygen atoms in total. The van der Waals surface area contributed by atoms with E-state index in [0.29, 0.717) is 0 Å². The highest BCUT2D eigenvalue weighted by atomic mass is 15.2. The summed E-state index contributed by atoms with van der Waals surface area (Å²) in [4.78, 5) is 7.33. The zero-order valence-electron chi connectivity index (χ0n) is 13.7. The number of rotatable bonds is 5. The minimum Gasteiger partial charge on any atom is -0.356 e. The lowest BCUT2D eigenvalue weighted by Crippen LogP contribution is -2.25. The molecule has 1 aliphatic rings. The van der Waals surface area contributed by atoms with Gasteiger partial charge in [0.15, 0.2) is 0 Å². The normalized spacial score (nSPS) is 22.6. The maximum absolute atomic E-state index is 4.85. The summed E-state index contributed by atoms with van der Waals surface area (Å²) in [6.07, 6.45) is 1.17. The van der Waals surface area contributed by atoms with Crippen LogP contribution in [-0.2, 0) is 6.54 Å². The number of hydrogen-bond acceptors (Lipinski definition) is 3. The molecule has 0 bridgehead atoms. The van der Waals surface area contributed by atoms with Crippen molar-refractivity contribution in [1.29, 1.82) is 0 Å². The lowest BCUT2D eigenvalue weighted by molar-refractivity contribution is 0.494. The first-order valence-electron chi connectivity index (χ1n) is 7.95. The van der Waals surface area contributed by atoms with Crippen molar-refractivity contribution in [3.05, 3.63) is 22.9 Å². The van der Waals surface area contributed by atoms with E-state index in [1.54, 1.807) is 0 Å². The van der Waals surface area contributed by atoms with Crippen molar-refractivity contribution in [1.82, 2.24) is 10.3 Å². The average molecular weight is 275 g/mol. The molecule has 1 fully saturated rings. The first kappa shape index (κ1) is 15.3. The fourth-order valence-corrected chi connectivity index (χ4v) is 3.02. The molecule has 2 rings (SSSR count). The van der Waals surface area contributed by atoms with Gasteiger partial charge in [0.1, 0.15) is 5.82 Å². The zero-order valence-corrected chi connectivity index (χ0v) is 13.7. The Bertz CT molecular complexity index is 446. The Morgan fingerprint density at radius 2 is 1.90 bits per heavy atom. The minimum absolute atomic E-state index is 0.758. The van der Waals surface area contributed by atoms with E-state index >= 15 is 0 Å². The second-order valence-electron chi connectivity index (χ2n) is 6.42. The van der Waals surface area contributed by atoms with Gasteiger partial charge >= 0.3 is 0 Å². The molecule has 0 radical (unpaired) electrons. The van der Waals surface area contributed by atoms with Crippen LogP contribution in [0.4, 0.5) is 5.82 Å². The van der Waals surface area contributed by atoms with Gasteiger partial charge in [0.25, 0.3) is 0 Å². The van der Waals surface area contributed by atoms with Gasteiger partial charge in [0.2, 0.25) is 0 Å². The Labute approximate surface area is 123 Å². The van der Waals surface area contributed by atoms with Gasteiger partial charge in [0, 0.05) is 30.9 Å². The molecule has 0 saturated carbocycles. The molecule has 1 saturated heterocycles. The Hall–Kier alpha value is -1.09. The molecule has 2 unspecified atom stereocenters. The molecule has 0 aromatic carbocycles. The molecule has 112 valence electrons. The van der Waals surface area contributed by atoms with Crippen LogP contribution in [0.15, 0.2) is 6.07 Å². The second kappa shape index (κ2) is 6.57. The van der Waals surface area contributed by atoms with Gasteiger partial charge < -0.3 is 10.2 Å². The van der Waals surface area contributed by atoms with Crippen molar-refractivity contribution in [2.75, 3.05) is 24.5 Å². The first-order chi connectivity index (χ1) is 9.52. The third-order valence-corrected chi connectivity index (χ3v) is 4.47. The van der Waals surface area contributed by atoms with Crippen molar-refractivity contribution in [3.63, 3.8) is 0 Å². The Morgan fingerprint density at radius 1 is 1.25 bits per heavy atom. The highest BCUT2D eigenvalue weighted by molar-refractivity contribution is 5.52. The molecular formula is C17H29N3. The Kier molecular flexibility index (Phi) is 5.03. The second-order valence-corrected chi connectivity index (χ2v) is 6.42. The summed E-state index contributed by atoms with van der Waals surface area (Å²) >= 11 is 0. The summed E-state index contributed by atoms with van der Waals surface area (Å²) in [6, 6.07) is 2.20. The highest BCUT2D eigenvalue weighted by Gasteiger charge is 2.28. The monoisotopic (exact) mass is 275 g/mol. The number of hydrogen-bond donors (Lipinski definition) is 1. The fourth-order valence-electron chi connectivity index (χ4n) is 3.02. The predicted molar refractivity (Wildman–Crippen MR) is 86.2 cm³/mol. The number of nitrogens with zero attached hydrogens (tertiary/aromatic N) is 2. The predicted octanol–water partition coefficient (Wildman–Crippen LogP) is 3.29. The van der Waals surface area contributed by atoms with E-state index in [9.17, 15) is 0 Å². The standard InChI is InChI=1S/C17H29N3/c1-6-7-18-9-16-12(2)8-15(5)19-17(16)20-10-13(3)14(4)11-20/h8,13-14,18H,6-7,9-11H2,1-5H3. The minimum atomic E-state index is 0.758. The average Bonchev–Trinajstić information content (AvgIpc) is 2.72. The van der Waals surface area contributed by atoms with Crippen LogP contribution in [0.1, 0.15) is 44.0 Å². The summed E-state index contributed by atoms with van der Waals surface area (Å²) in [6.45, 7) is 15.5. The van der Waals surface area contributed by atoms with Gasteiger partial charge in [-0.3, -0.25) is 0 Å². The molecule has 2 atom stereocenters. The topological polar surface area (TPSA) is 28.2 Å². The molecule has 3 heteroatoms. The SMILES string of the molecule is CCCNCc1c(C)cc(C)nc1N1CC(C)C(C)C1. The summed E-state index contributed by atoms with van der Waals surface area (Å²) in [5.74, 6) is 2.73. The van der Waals surface area contributed by atoms with Crippen LogP contribution in [0.3, 0.4) is 0 Å². The van der Waals surface area contributed by atoms with Crippen molar-refractivity contribution < 1.29 is 0 Å². The molecule has 2 heterocycles. The van der Waals surface area contributed by atoms with Crippen LogP contribution in [-0.4, -0.2) is 24.6 Å². The van der Waals surface area contributed by atoms with E-state index in [4.69, 9.17) is 4.98 Å². The third kappa shape index (κ3) is 3.32. The van der Waals surface area contributed by atoms with Gasteiger partial charge in [-0.25, -0.2) is 4.98 Å². The van der Waals surface area contributed by atoms with E-state index in [1.807, 2.05) is 0 Å². The largest absolute Gasteiger partial charge is 0.356 e. The molecule has 0 spiro atoms. The van der Waals surface area contributed by atoms with Crippen molar-refractivity contribution >= 4 is 5.82 Å². The van der Waals surface area contributed by atoms with E-state index < -0.39 is 0 Å². The first-order valence-corrected chi connectivity index (χ1v) is 7.95. The quantitative estimate of drug-likeness (QED) is 0.836. The number of nitrogens with one attached hydrogen (secondary N) is 1. The van der Waals surface area contributed by atoms with Crippen LogP contribution in [0, 0.1) is 25.7 Å². The van der Waals surface area contributed by atoms with Crippen molar-refractivity contribution in [3.8, 4) is 0 Å². The summed E-state index contributed by atoms with van der Waals surface area (Å²) in [5, 5.41) is 3.53. The maximum Gasteiger partial charge on any atom is 0.133 e. The Balaban J connectivity index is 2.25. The van der Waals surface area contributed by atoms with Gasteiger partial charge in [-0.1, -0.05) is 20.8 Å². The van der Waals surface area contributed by atoms with E-state index in [2.05, 4.69) is 50.9 Å². The van der Waals surface area contributed by atoms with Gasteiger partial charge in [-0.15, -0.1) is 0 Å². The van der Waals surface area contributed by atoms with Crippen molar-refractivity contribution in [2.45, 2.75) is 47.6 Å². The van der Waals surface area contributed by atoms with Gasteiger partial charge in [-0.05, 0) is 50.3 Å². The van der Waals surface area contributed by atoms with E-state index in [1.165, 1.54) is 23.4 Å². The molecule has 20 heavy (non-hydrogen) atoms. The Morgan fingerprint density at radius 3 is 2.50 bits per heavy atom. The molecule has 0 aliphatic carbocycles. The lowest BCUT2D eigenvalue weighted by Gasteiger charge is -2.23. The van der Waals surface area contributed by atoms with Crippen LogP contribution >= 0.6 is 0 Å². The number of aryl methyl sites for hydroxylation is 2. The van der Waals surface area contributed by atoms with Gasteiger partial charge in [0.05, 0.1) is 0 Å². The molecule has 1 aromatic rings.